The largest absolute Gasteiger partial charge is 0.496 e. The molecule has 1 unspecified atom stereocenters. The topological polar surface area (TPSA) is 21.3 Å². The first kappa shape index (κ1) is 12.8. The van der Waals surface area contributed by atoms with E-state index in [0.29, 0.717) is 0 Å². The van der Waals surface area contributed by atoms with Crippen molar-refractivity contribution < 1.29 is 4.74 Å². The fourth-order valence-electron chi connectivity index (χ4n) is 1.74. The summed E-state index contributed by atoms with van der Waals surface area (Å²) in [6.07, 6.45) is 2.20. The maximum Gasteiger partial charge on any atom is 0.124 e. The molecule has 0 bridgehead atoms. The molecule has 16 heavy (non-hydrogen) atoms. The summed E-state index contributed by atoms with van der Waals surface area (Å²) in [7, 11) is 3.68. The van der Waals surface area contributed by atoms with Gasteiger partial charge < -0.3 is 10.1 Å². The van der Waals surface area contributed by atoms with Crippen molar-refractivity contribution in [2.75, 3.05) is 14.2 Å². The first-order chi connectivity index (χ1) is 7.58. The average Bonchev–Trinajstić information content (AvgIpc) is 2.25. The maximum atomic E-state index is 5.42. The monoisotopic (exact) mass is 219 g/mol. The van der Waals surface area contributed by atoms with Crippen molar-refractivity contribution in [1.82, 2.24) is 5.32 Å². The second-order valence-electron chi connectivity index (χ2n) is 4.26. The van der Waals surface area contributed by atoms with Gasteiger partial charge in [0.25, 0.3) is 0 Å². The van der Waals surface area contributed by atoms with Crippen LogP contribution >= 0.6 is 0 Å². The van der Waals surface area contributed by atoms with Crippen LogP contribution < -0.4 is 10.1 Å². The van der Waals surface area contributed by atoms with Crippen LogP contribution in [0.1, 0.15) is 31.0 Å². The van der Waals surface area contributed by atoms with Crippen molar-refractivity contribution in [2.45, 2.75) is 26.8 Å². The molecule has 0 fully saturated rings. The molecule has 1 aromatic carbocycles. The molecule has 0 aliphatic carbocycles. The second-order valence-corrected chi connectivity index (χ2v) is 4.26. The number of ether oxygens (including phenoxy) is 1. The summed E-state index contributed by atoms with van der Waals surface area (Å²) in [5, 5.41) is 3.29. The van der Waals surface area contributed by atoms with Crippen molar-refractivity contribution >= 4 is 0 Å². The Hall–Kier alpha value is -1.28. The van der Waals surface area contributed by atoms with Crippen LogP contribution in [0.4, 0.5) is 0 Å². The van der Waals surface area contributed by atoms with Gasteiger partial charge in [0, 0.05) is 5.56 Å². The van der Waals surface area contributed by atoms with E-state index >= 15 is 0 Å². The van der Waals surface area contributed by atoms with E-state index in [0.717, 1.165) is 5.75 Å². The Labute approximate surface area is 98.3 Å². The molecule has 0 amide bonds. The number of nitrogens with one attached hydrogen (secondary N) is 1. The molecule has 88 valence electrons. The minimum Gasteiger partial charge on any atom is -0.496 e. The molecule has 2 heteroatoms. The predicted molar refractivity (Wildman–Crippen MR) is 69.0 cm³/mol. The molecule has 0 heterocycles. The lowest BCUT2D eigenvalue weighted by atomic mass is 10.0. The van der Waals surface area contributed by atoms with Crippen molar-refractivity contribution in [3.8, 4) is 5.75 Å². The summed E-state index contributed by atoms with van der Waals surface area (Å²) < 4.78 is 5.42. The number of hydrogen-bond acceptors (Lipinski definition) is 2. The molecule has 0 aromatic heterocycles. The molecule has 1 rings (SSSR count). The first-order valence-corrected chi connectivity index (χ1v) is 5.55. The highest BCUT2D eigenvalue weighted by Crippen LogP contribution is 2.27. The summed E-state index contributed by atoms with van der Waals surface area (Å²) in [6, 6.07) is 6.51. The Morgan fingerprint density at radius 2 is 2.06 bits per heavy atom. The Balaban J connectivity index is 3.14. The molecule has 1 atom stereocenters. The Morgan fingerprint density at radius 1 is 1.38 bits per heavy atom. The van der Waals surface area contributed by atoms with Crippen molar-refractivity contribution in [2.24, 2.45) is 0 Å². The van der Waals surface area contributed by atoms with Gasteiger partial charge in [-0.05, 0) is 39.4 Å². The lowest BCUT2D eigenvalue weighted by Gasteiger charge is -2.17. The third kappa shape index (κ3) is 3.11. The number of hydrogen-bond donors (Lipinski definition) is 1. The summed E-state index contributed by atoms with van der Waals surface area (Å²) in [5.74, 6) is 0.942. The van der Waals surface area contributed by atoms with Crippen molar-refractivity contribution in [1.29, 1.82) is 0 Å². The molecule has 1 aromatic rings. The Kier molecular flexibility index (Phi) is 4.56. The molecule has 0 saturated carbocycles. The van der Waals surface area contributed by atoms with Crippen molar-refractivity contribution in [3.05, 3.63) is 41.0 Å². The van der Waals surface area contributed by atoms with Crippen LogP contribution in [0.15, 0.2) is 29.8 Å². The molecule has 0 radical (unpaired) electrons. The number of allylic oxidation sites excluding steroid dienone is 1. The van der Waals surface area contributed by atoms with Crippen LogP contribution in [-0.4, -0.2) is 14.2 Å². The summed E-state index contributed by atoms with van der Waals surface area (Å²) >= 11 is 0. The minimum atomic E-state index is 0.209. The average molecular weight is 219 g/mol. The van der Waals surface area contributed by atoms with Crippen LogP contribution in [-0.2, 0) is 0 Å². The van der Waals surface area contributed by atoms with E-state index in [-0.39, 0.29) is 6.04 Å². The third-order valence-electron chi connectivity index (χ3n) is 2.54. The van der Waals surface area contributed by atoms with E-state index in [1.165, 1.54) is 16.7 Å². The summed E-state index contributed by atoms with van der Waals surface area (Å²) in [4.78, 5) is 0. The van der Waals surface area contributed by atoms with Crippen LogP contribution in [0.5, 0.6) is 5.75 Å². The van der Waals surface area contributed by atoms with E-state index in [9.17, 15) is 0 Å². The lowest BCUT2D eigenvalue weighted by Crippen LogP contribution is -2.15. The highest BCUT2D eigenvalue weighted by atomic mass is 16.5. The van der Waals surface area contributed by atoms with Crippen LogP contribution in [0.25, 0.3) is 0 Å². The molecule has 0 aliphatic rings. The fourth-order valence-corrected chi connectivity index (χ4v) is 1.74. The molecule has 0 saturated heterocycles. The Bertz CT molecular complexity index is 378. The predicted octanol–water partition coefficient (Wildman–Crippen LogP) is 3.23. The Morgan fingerprint density at radius 3 is 2.56 bits per heavy atom. The number of aryl methyl sites for hydroxylation is 1. The quantitative estimate of drug-likeness (QED) is 0.785. The zero-order valence-electron chi connectivity index (χ0n) is 10.8. The van der Waals surface area contributed by atoms with Gasteiger partial charge in [-0.3, -0.25) is 0 Å². The molecular weight excluding hydrogens is 198 g/mol. The van der Waals surface area contributed by atoms with Crippen LogP contribution in [0.2, 0.25) is 0 Å². The lowest BCUT2D eigenvalue weighted by molar-refractivity contribution is 0.405. The normalized spacial score (nSPS) is 12.1. The number of likely N-dealkylation sites (N-methyl/N-ethyl adjacent to an activating group) is 1. The van der Waals surface area contributed by atoms with Gasteiger partial charge in [0.2, 0.25) is 0 Å². The van der Waals surface area contributed by atoms with Gasteiger partial charge in [-0.1, -0.05) is 23.8 Å². The van der Waals surface area contributed by atoms with Gasteiger partial charge in [-0.25, -0.2) is 0 Å². The fraction of sp³-hybridized carbons (Fsp3) is 0.429. The third-order valence-corrected chi connectivity index (χ3v) is 2.54. The maximum absolute atomic E-state index is 5.42. The highest BCUT2D eigenvalue weighted by molar-refractivity contribution is 5.41. The molecule has 1 N–H and O–H groups in total. The van der Waals surface area contributed by atoms with Gasteiger partial charge in [0.1, 0.15) is 5.75 Å². The molecular formula is C14H21NO. The standard InChI is InChI=1S/C14H21NO/c1-10(2)8-13(15-4)12-7-6-11(3)9-14(12)16-5/h6-9,13,15H,1-5H3. The number of benzene rings is 1. The van der Waals surface area contributed by atoms with Crippen LogP contribution in [0.3, 0.4) is 0 Å². The van der Waals surface area contributed by atoms with Gasteiger partial charge in [-0.2, -0.15) is 0 Å². The van der Waals surface area contributed by atoms with Gasteiger partial charge >= 0.3 is 0 Å². The second kappa shape index (κ2) is 5.71. The van der Waals surface area contributed by atoms with E-state index in [4.69, 9.17) is 4.74 Å². The SMILES string of the molecule is CNC(C=C(C)C)c1ccc(C)cc1OC. The molecule has 0 spiro atoms. The van der Waals surface area contributed by atoms with Gasteiger partial charge in [-0.15, -0.1) is 0 Å². The minimum absolute atomic E-state index is 0.209. The van der Waals surface area contributed by atoms with E-state index in [2.05, 4.69) is 50.4 Å². The number of rotatable bonds is 4. The molecule has 2 nitrogen and oxygen atoms in total. The number of methoxy groups -OCH3 is 1. The van der Waals surface area contributed by atoms with Crippen LogP contribution in [0, 0.1) is 6.92 Å². The highest BCUT2D eigenvalue weighted by Gasteiger charge is 2.11. The zero-order chi connectivity index (χ0) is 12.1. The zero-order valence-corrected chi connectivity index (χ0v) is 10.8. The van der Waals surface area contributed by atoms with Crippen molar-refractivity contribution in [3.63, 3.8) is 0 Å². The van der Waals surface area contributed by atoms with Gasteiger partial charge in [0.15, 0.2) is 0 Å². The summed E-state index contributed by atoms with van der Waals surface area (Å²) in [5.41, 5.74) is 3.69. The van der Waals surface area contributed by atoms with E-state index < -0.39 is 0 Å². The van der Waals surface area contributed by atoms with Gasteiger partial charge in [0.05, 0.1) is 13.2 Å². The summed E-state index contributed by atoms with van der Waals surface area (Å²) in [6.45, 7) is 6.28. The molecule has 0 aliphatic heterocycles. The smallest absolute Gasteiger partial charge is 0.124 e. The van der Waals surface area contributed by atoms with E-state index in [1.54, 1.807) is 7.11 Å². The van der Waals surface area contributed by atoms with E-state index in [1.807, 2.05) is 7.05 Å². The first-order valence-electron chi connectivity index (χ1n) is 5.55.